The van der Waals surface area contributed by atoms with Gasteiger partial charge in [-0.3, -0.25) is 28.8 Å². The van der Waals surface area contributed by atoms with Gasteiger partial charge in [0.1, 0.15) is 52.9 Å². The quantitative estimate of drug-likeness (QED) is 0.0316. The van der Waals surface area contributed by atoms with Crippen LogP contribution in [-0.2, 0) is 28.8 Å². The molecule has 0 spiro atoms. The lowest BCUT2D eigenvalue weighted by Gasteiger charge is -2.35. The predicted molar refractivity (Wildman–Crippen MR) is 409 cm³/mol. The van der Waals surface area contributed by atoms with Crippen molar-refractivity contribution in [3.8, 4) is 57.1 Å². The van der Waals surface area contributed by atoms with E-state index >= 15 is 0 Å². The molecule has 552 valence electrons. The number of carbonyl (C=O) groups is 6. The van der Waals surface area contributed by atoms with Crippen LogP contribution in [0.5, 0.6) is 11.5 Å². The third-order valence-electron chi connectivity index (χ3n) is 21.8. The molecule has 0 bridgehead atoms. The van der Waals surface area contributed by atoms with Gasteiger partial charge < -0.3 is 79.2 Å². The Balaban J connectivity index is 0.483. The Labute approximate surface area is 615 Å². The molecule has 5 fully saturated rings. The number of rotatable bonds is 26. The number of benzene rings is 6. The van der Waals surface area contributed by atoms with Crippen LogP contribution < -0.4 is 25.0 Å². The molecule has 0 radical (unpaired) electrons. The van der Waals surface area contributed by atoms with Crippen molar-refractivity contribution in [1.29, 1.82) is 0 Å². The fraction of sp³-hybridized carbons (Fsp3) is 0.425. The van der Waals surface area contributed by atoms with Crippen LogP contribution in [0.15, 0.2) is 121 Å². The number of unbranched alkanes of at least 4 members (excludes halogenated alkanes) is 1. The number of nitrogens with zero attached hydrogens (tertiary/aromatic N) is 13. The van der Waals surface area contributed by atoms with Gasteiger partial charge in [0.15, 0.2) is 0 Å². The smallest absolute Gasteiger partial charge is 0.246 e. The molecule has 4 aromatic heterocycles. The van der Waals surface area contributed by atoms with Gasteiger partial charge in [0.05, 0.1) is 63.9 Å². The zero-order valence-electron chi connectivity index (χ0n) is 60.7. The molecule has 106 heavy (non-hydrogen) atoms. The number of likely N-dealkylation sites (N-methyl/N-ethyl adjacent to an activating group) is 2. The van der Waals surface area contributed by atoms with E-state index in [0.717, 1.165) is 130 Å². The molecule has 5 aliphatic rings. The Morgan fingerprint density at radius 1 is 0.462 bits per heavy atom. The van der Waals surface area contributed by atoms with Gasteiger partial charge in [0, 0.05) is 139 Å². The summed E-state index contributed by atoms with van der Waals surface area (Å²) in [5.74, 6) is 2.53. The summed E-state index contributed by atoms with van der Waals surface area (Å²) in [6.07, 6.45) is 5.64. The van der Waals surface area contributed by atoms with Crippen LogP contribution >= 0.6 is 0 Å². The number of hydrogen-bond donors (Lipinski definition) is 5. The lowest BCUT2D eigenvalue weighted by Crippen LogP contribution is -2.56. The van der Waals surface area contributed by atoms with E-state index < -0.39 is 24.0 Å². The minimum absolute atomic E-state index is 0.0410. The average Bonchev–Trinajstić information content (AvgIpc) is 1.69. The van der Waals surface area contributed by atoms with Crippen molar-refractivity contribution in [2.24, 2.45) is 5.73 Å². The Kier molecular flexibility index (Phi) is 21.0. The molecule has 0 unspecified atom stereocenters. The largest absolute Gasteiger partial charge is 0.494 e. The van der Waals surface area contributed by atoms with Gasteiger partial charge in [-0.2, -0.15) is 0 Å². The van der Waals surface area contributed by atoms with Crippen LogP contribution in [-0.4, -0.2) is 254 Å². The summed E-state index contributed by atoms with van der Waals surface area (Å²) >= 11 is 0. The zero-order chi connectivity index (χ0) is 73.0. The number of aromatic nitrogens is 8. The number of H-pyrrole nitrogens is 4. The van der Waals surface area contributed by atoms with Gasteiger partial charge in [-0.05, 0) is 175 Å². The van der Waals surface area contributed by atoms with Gasteiger partial charge in [-0.25, -0.2) is 19.9 Å². The number of anilines is 2. The first kappa shape index (κ1) is 70.8. The molecule has 6 amide bonds. The van der Waals surface area contributed by atoms with Gasteiger partial charge >= 0.3 is 0 Å². The maximum Gasteiger partial charge on any atom is 0.246 e. The summed E-state index contributed by atoms with van der Waals surface area (Å²) in [7, 11) is 6.08. The number of nitrogens with one attached hydrogen (secondary N) is 4. The van der Waals surface area contributed by atoms with Crippen molar-refractivity contribution in [3.63, 3.8) is 0 Å². The van der Waals surface area contributed by atoms with Gasteiger partial charge in [-0.1, -0.05) is 24.3 Å². The first-order valence-electron chi connectivity index (χ1n) is 37.6. The second-order valence-electron chi connectivity index (χ2n) is 29.1. The van der Waals surface area contributed by atoms with E-state index in [1.54, 1.807) is 26.6 Å². The molecular weight excluding hydrogens is 1340 g/mol. The molecule has 0 aliphatic carbocycles. The van der Waals surface area contributed by atoms with Crippen LogP contribution in [0.3, 0.4) is 0 Å². The Hall–Kier alpha value is -10.9. The molecule has 5 aliphatic heterocycles. The number of primary amides is 1. The topological polar surface area (TPSA) is 291 Å². The molecule has 0 saturated carbocycles. The first-order valence-corrected chi connectivity index (χ1v) is 37.6. The Morgan fingerprint density at radius 2 is 0.877 bits per heavy atom. The van der Waals surface area contributed by atoms with E-state index in [9.17, 15) is 28.8 Å². The monoisotopic (exact) mass is 1430 g/mol. The fourth-order valence-electron chi connectivity index (χ4n) is 15.7. The van der Waals surface area contributed by atoms with Crippen molar-refractivity contribution in [1.82, 2.24) is 74.2 Å². The highest BCUT2D eigenvalue weighted by atomic mass is 16.5. The number of fused-ring (bicyclic) bond motifs is 4. The second kappa shape index (κ2) is 31.5. The number of nitrogens with two attached hydrogens (primary N) is 1. The number of piperazine rings is 2. The predicted octanol–water partition coefficient (Wildman–Crippen LogP) is 8.91. The summed E-state index contributed by atoms with van der Waals surface area (Å²) in [6.45, 7) is 10.2. The molecule has 9 heterocycles. The van der Waals surface area contributed by atoms with E-state index in [2.05, 4.69) is 102 Å². The lowest BCUT2D eigenvalue weighted by atomic mass is 10.1. The van der Waals surface area contributed by atoms with Crippen molar-refractivity contribution in [2.45, 2.75) is 95.2 Å². The third-order valence-corrected chi connectivity index (χ3v) is 21.8. The highest BCUT2D eigenvalue weighted by Gasteiger charge is 2.46. The molecular formula is C80H94N18O8. The van der Waals surface area contributed by atoms with E-state index in [-0.39, 0.29) is 62.1 Å². The van der Waals surface area contributed by atoms with E-state index in [1.165, 1.54) is 16.3 Å². The highest BCUT2D eigenvalue weighted by molar-refractivity contribution is 5.96. The second-order valence-corrected chi connectivity index (χ2v) is 29.1. The molecule has 6 N–H and O–H groups in total. The zero-order valence-corrected chi connectivity index (χ0v) is 60.7. The SMILES string of the molecule is CN1CCN(c2ccc3nc(-c4ccc5nc(-c6cccc(OCCCC(=O)N(C)CCCCN(CC(N)=O)C(=O)[C@@H]7CCCN7C(=O)[C@@H]7CCCN7C(=O)[C@@H]7CCCN7C(=O)CCCOc7cccc(-c8nc9ccc(-c%10nc%11ccc(N%12CCN(C)CC%12)cc%11[nH]%10)cc9[nH]8)c7)c6)[nH]c5c4)[nH]c3c2)CC1. The lowest BCUT2D eigenvalue weighted by molar-refractivity contribution is -0.152. The number of ether oxygens (including phenoxy) is 2. The number of amides is 6. The number of aromatic amines is 4. The summed E-state index contributed by atoms with van der Waals surface area (Å²) in [6, 6.07) is 38.2. The van der Waals surface area contributed by atoms with Crippen LogP contribution in [0.2, 0.25) is 0 Å². The van der Waals surface area contributed by atoms with Gasteiger partial charge in [0.2, 0.25) is 35.4 Å². The number of hydrogen-bond acceptors (Lipinski definition) is 16. The van der Waals surface area contributed by atoms with Crippen LogP contribution in [0, 0.1) is 0 Å². The summed E-state index contributed by atoms with van der Waals surface area (Å²) in [4.78, 5) is 134. The van der Waals surface area contributed by atoms with Crippen molar-refractivity contribution in [2.75, 3.05) is 136 Å². The van der Waals surface area contributed by atoms with Gasteiger partial charge in [0.25, 0.3) is 0 Å². The Bertz CT molecular complexity index is 4870. The number of likely N-dealkylation sites (tertiary alicyclic amines) is 3. The van der Waals surface area contributed by atoms with E-state index in [4.69, 9.17) is 35.1 Å². The molecule has 26 nitrogen and oxygen atoms in total. The highest BCUT2D eigenvalue weighted by Crippen LogP contribution is 2.35. The molecule has 26 heteroatoms. The van der Waals surface area contributed by atoms with Crippen LogP contribution in [0.25, 0.3) is 89.7 Å². The summed E-state index contributed by atoms with van der Waals surface area (Å²) < 4.78 is 12.3. The minimum atomic E-state index is -0.820. The first-order chi connectivity index (χ1) is 51.6. The molecule has 10 aromatic rings. The molecule has 3 atom stereocenters. The van der Waals surface area contributed by atoms with E-state index in [1.807, 2.05) is 72.8 Å². The van der Waals surface area contributed by atoms with Gasteiger partial charge in [-0.15, -0.1) is 0 Å². The fourth-order valence-corrected chi connectivity index (χ4v) is 15.7. The van der Waals surface area contributed by atoms with Crippen molar-refractivity contribution in [3.05, 3.63) is 121 Å². The maximum atomic E-state index is 14.6. The van der Waals surface area contributed by atoms with Crippen molar-refractivity contribution >= 4 is 91.0 Å². The normalized spacial score (nSPS) is 18.1. The number of imidazole rings is 4. The third kappa shape index (κ3) is 15.7. The van der Waals surface area contributed by atoms with Crippen molar-refractivity contribution < 1.29 is 38.2 Å². The molecule has 5 saturated heterocycles. The number of carbonyl (C=O) groups excluding carboxylic acids is 6. The molecule has 15 rings (SSSR count). The molecule has 6 aromatic carbocycles. The van der Waals surface area contributed by atoms with Crippen LogP contribution in [0.1, 0.15) is 77.0 Å². The summed E-state index contributed by atoms with van der Waals surface area (Å²) in [5.41, 5.74) is 19.0. The Morgan fingerprint density at radius 3 is 1.37 bits per heavy atom. The van der Waals surface area contributed by atoms with E-state index in [0.29, 0.717) is 120 Å². The van der Waals surface area contributed by atoms with Crippen LogP contribution in [0.4, 0.5) is 11.4 Å². The minimum Gasteiger partial charge on any atom is -0.494 e. The standard InChI is InChI=1S/C80H94N18O8/c1-90-35-39-93(40-36-90)56-24-28-62-66(49-56)88-76(84-62)54-22-26-60-64(47-54)86-74(82-60)52-13-6-15-58(45-52)105-43-11-20-72(100)92(3)30-4-5-31-95(51-71(81)99)78(102)68-17-9-33-97(68)80(104)70-19-10-34-98(70)79(103)69-18-8-32-96(69)73(101)21-12-44-106-59-16-7-14-53(46-59)75-83-61-27-23-55(48-65(61)87-75)77-85-63-29-25-57(50-67(63)89-77)94-41-37-91(2)38-42-94/h6-7,13-16,22-29,45-50,68-70H,4-5,8-12,17-21,30-44,51H2,1-3H3,(H2,81,99)(H,82,86)(H,83,87)(H,84,88)(H,85,89)/t68-,69-,70-/m0/s1. The average molecular weight is 1440 g/mol. The summed E-state index contributed by atoms with van der Waals surface area (Å²) in [5, 5.41) is 0. The maximum absolute atomic E-state index is 14.6.